The van der Waals surface area contributed by atoms with Crippen molar-refractivity contribution in [3.8, 4) is 17.3 Å². The zero-order valence-electron chi connectivity index (χ0n) is 14.2. The number of hydrogen-bond donors (Lipinski definition) is 1. The van der Waals surface area contributed by atoms with Gasteiger partial charge < -0.3 is 9.84 Å². The van der Waals surface area contributed by atoms with Gasteiger partial charge in [0.05, 0.1) is 5.56 Å². The maximum atomic E-state index is 12.9. The molecule has 1 N–H and O–H groups in total. The number of nitrogens with one attached hydrogen (secondary N) is 1. The topological polar surface area (TPSA) is 78.9 Å². The van der Waals surface area contributed by atoms with Gasteiger partial charge in [-0.05, 0) is 25.8 Å². The van der Waals surface area contributed by atoms with Crippen LogP contribution in [-0.2, 0) is 6.42 Å². The molecule has 3 aromatic rings. The summed E-state index contributed by atoms with van der Waals surface area (Å²) in [6, 6.07) is 11.6. The molecular formula is C19H17N3O2S. The second kappa shape index (κ2) is 6.91. The predicted molar refractivity (Wildman–Crippen MR) is 97.8 cm³/mol. The Morgan fingerprint density at radius 3 is 2.68 bits per heavy atom. The number of aryl methyl sites for hydroxylation is 2. The standard InChI is InChI=1S/C19H17N3O2S/c1-4-14-12(3)25-19(15(14)10-20)21-18(23)16-11(2)24-22-17(16)13-8-6-5-7-9-13/h5-9H,4H2,1-3H3,(H,21,23). The molecule has 0 bridgehead atoms. The van der Waals surface area contributed by atoms with Crippen molar-refractivity contribution in [1.29, 1.82) is 5.26 Å². The van der Waals surface area contributed by atoms with Crippen LogP contribution in [-0.4, -0.2) is 11.1 Å². The highest BCUT2D eigenvalue weighted by Crippen LogP contribution is 2.34. The SMILES string of the molecule is CCc1c(C)sc(NC(=O)c2c(-c3ccccc3)noc2C)c1C#N. The molecule has 0 fully saturated rings. The molecule has 25 heavy (non-hydrogen) atoms. The van der Waals surface area contributed by atoms with E-state index in [1.807, 2.05) is 44.2 Å². The second-order valence-corrected chi connectivity index (χ2v) is 6.81. The summed E-state index contributed by atoms with van der Waals surface area (Å²) in [6.45, 7) is 5.66. The number of carbonyl (C=O) groups excluding carboxylic acids is 1. The number of amides is 1. The van der Waals surface area contributed by atoms with E-state index in [-0.39, 0.29) is 5.91 Å². The van der Waals surface area contributed by atoms with Crippen molar-refractivity contribution in [3.63, 3.8) is 0 Å². The molecule has 2 aromatic heterocycles. The highest BCUT2D eigenvalue weighted by molar-refractivity contribution is 7.16. The number of rotatable bonds is 4. The summed E-state index contributed by atoms with van der Waals surface area (Å²) in [7, 11) is 0. The number of nitrogens with zero attached hydrogens (tertiary/aromatic N) is 2. The number of hydrogen-bond acceptors (Lipinski definition) is 5. The van der Waals surface area contributed by atoms with E-state index in [0.29, 0.717) is 27.6 Å². The minimum atomic E-state index is -0.321. The average Bonchev–Trinajstić information content (AvgIpc) is 3.14. The van der Waals surface area contributed by atoms with Gasteiger partial charge in [0, 0.05) is 10.4 Å². The van der Waals surface area contributed by atoms with E-state index in [1.165, 1.54) is 11.3 Å². The third-order valence-electron chi connectivity index (χ3n) is 4.04. The lowest BCUT2D eigenvalue weighted by Gasteiger charge is -2.04. The van der Waals surface area contributed by atoms with Crippen LogP contribution < -0.4 is 5.32 Å². The fourth-order valence-electron chi connectivity index (χ4n) is 2.81. The molecule has 2 heterocycles. The van der Waals surface area contributed by atoms with Gasteiger partial charge in [-0.1, -0.05) is 42.4 Å². The van der Waals surface area contributed by atoms with Gasteiger partial charge in [0.2, 0.25) is 0 Å². The van der Waals surface area contributed by atoms with Crippen LogP contribution in [0.4, 0.5) is 5.00 Å². The van der Waals surface area contributed by atoms with Crippen LogP contribution >= 0.6 is 11.3 Å². The number of benzene rings is 1. The minimum Gasteiger partial charge on any atom is -0.360 e. The van der Waals surface area contributed by atoms with Crippen LogP contribution in [0.25, 0.3) is 11.3 Å². The summed E-state index contributed by atoms with van der Waals surface area (Å²) in [5.41, 5.74) is 3.21. The molecule has 126 valence electrons. The molecule has 0 aliphatic carbocycles. The van der Waals surface area contributed by atoms with E-state index in [0.717, 1.165) is 22.4 Å². The van der Waals surface area contributed by atoms with E-state index in [4.69, 9.17) is 4.52 Å². The van der Waals surface area contributed by atoms with Crippen molar-refractivity contribution < 1.29 is 9.32 Å². The lowest BCUT2D eigenvalue weighted by atomic mass is 10.1. The van der Waals surface area contributed by atoms with E-state index >= 15 is 0 Å². The van der Waals surface area contributed by atoms with Crippen molar-refractivity contribution in [2.24, 2.45) is 0 Å². The van der Waals surface area contributed by atoms with E-state index < -0.39 is 0 Å². The van der Waals surface area contributed by atoms with Gasteiger partial charge in [-0.25, -0.2) is 0 Å². The number of nitriles is 1. The van der Waals surface area contributed by atoms with E-state index in [2.05, 4.69) is 16.5 Å². The van der Waals surface area contributed by atoms with E-state index in [9.17, 15) is 10.1 Å². The Balaban J connectivity index is 1.99. The smallest absolute Gasteiger partial charge is 0.262 e. The minimum absolute atomic E-state index is 0.321. The first kappa shape index (κ1) is 16.9. The van der Waals surface area contributed by atoms with Gasteiger partial charge in [-0.15, -0.1) is 11.3 Å². The van der Waals surface area contributed by atoms with Gasteiger partial charge >= 0.3 is 0 Å². The number of thiophene rings is 1. The maximum absolute atomic E-state index is 12.9. The van der Waals surface area contributed by atoms with Gasteiger partial charge in [-0.3, -0.25) is 4.79 Å². The van der Waals surface area contributed by atoms with Crippen molar-refractivity contribution in [2.75, 3.05) is 5.32 Å². The third-order valence-corrected chi connectivity index (χ3v) is 5.10. The molecule has 0 aliphatic rings. The maximum Gasteiger partial charge on any atom is 0.262 e. The van der Waals surface area contributed by atoms with Crippen LogP contribution in [0.1, 0.15) is 39.0 Å². The highest BCUT2D eigenvalue weighted by atomic mass is 32.1. The van der Waals surface area contributed by atoms with Crippen molar-refractivity contribution in [1.82, 2.24) is 5.16 Å². The molecule has 1 amide bonds. The Morgan fingerprint density at radius 1 is 1.32 bits per heavy atom. The van der Waals surface area contributed by atoms with Crippen LogP contribution in [0.3, 0.4) is 0 Å². The monoisotopic (exact) mass is 351 g/mol. The molecule has 0 unspecified atom stereocenters. The predicted octanol–water partition coefficient (Wildman–Crippen LogP) is 4.71. The zero-order chi connectivity index (χ0) is 18.0. The lowest BCUT2D eigenvalue weighted by Crippen LogP contribution is -2.13. The molecule has 6 heteroatoms. The summed E-state index contributed by atoms with van der Waals surface area (Å²) in [5, 5.41) is 16.9. The van der Waals surface area contributed by atoms with Gasteiger partial charge in [-0.2, -0.15) is 5.26 Å². The molecule has 0 spiro atoms. The Morgan fingerprint density at radius 2 is 2.04 bits per heavy atom. The molecule has 5 nitrogen and oxygen atoms in total. The van der Waals surface area contributed by atoms with Crippen molar-refractivity contribution >= 4 is 22.2 Å². The Bertz CT molecular complexity index is 965. The molecule has 1 aromatic carbocycles. The summed E-state index contributed by atoms with van der Waals surface area (Å²) in [5.74, 6) is 0.122. The van der Waals surface area contributed by atoms with Crippen LogP contribution in [0.5, 0.6) is 0 Å². The number of anilines is 1. The average molecular weight is 351 g/mol. The second-order valence-electron chi connectivity index (χ2n) is 5.59. The first-order chi connectivity index (χ1) is 12.1. The quantitative estimate of drug-likeness (QED) is 0.738. The van der Waals surface area contributed by atoms with Crippen molar-refractivity contribution in [3.05, 3.63) is 57.7 Å². The highest BCUT2D eigenvalue weighted by Gasteiger charge is 2.24. The largest absolute Gasteiger partial charge is 0.360 e. The molecule has 0 saturated carbocycles. The Kier molecular flexibility index (Phi) is 4.68. The Hall–Kier alpha value is -2.91. The fraction of sp³-hybridized carbons (Fsp3) is 0.211. The van der Waals surface area contributed by atoms with Crippen LogP contribution in [0.2, 0.25) is 0 Å². The van der Waals surface area contributed by atoms with Crippen molar-refractivity contribution in [2.45, 2.75) is 27.2 Å². The lowest BCUT2D eigenvalue weighted by molar-refractivity contribution is 0.102. The van der Waals surface area contributed by atoms with Gasteiger partial charge in [0.1, 0.15) is 28.1 Å². The zero-order valence-corrected chi connectivity index (χ0v) is 15.0. The fourth-order valence-corrected chi connectivity index (χ4v) is 3.90. The first-order valence-corrected chi connectivity index (χ1v) is 8.73. The van der Waals surface area contributed by atoms with Gasteiger partial charge in [0.25, 0.3) is 5.91 Å². The summed E-state index contributed by atoms with van der Waals surface area (Å²) in [4.78, 5) is 13.9. The molecule has 0 radical (unpaired) electrons. The summed E-state index contributed by atoms with van der Waals surface area (Å²) in [6.07, 6.45) is 0.753. The number of carbonyl (C=O) groups is 1. The van der Waals surface area contributed by atoms with Gasteiger partial charge in [0.15, 0.2) is 0 Å². The third kappa shape index (κ3) is 3.06. The van der Waals surface area contributed by atoms with E-state index in [1.54, 1.807) is 6.92 Å². The molecule has 3 rings (SSSR count). The molecule has 0 saturated heterocycles. The van der Waals surface area contributed by atoms with Crippen LogP contribution in [0.15, 0.2) is 34.9 Å². The first-order valence-electron chi connectivity index (χ1n) is 7.92. The summed E-state index contributed by atoms with van der Waals surface area (Å²) < 4.78 is 5.24. The molecule has 0 aliphatic heterocycles. The number of aromatic nitrogens is 1. The summed E-state index contributed by atoms with van der Waals surface area (Å²) >= 11 is 1.42. The molecule has 0 atom stereocenters. The normalized spacial score (nSPS) is 10.5. The van der Waals surface area contributed by atoms with Crippen LogP contribution in [0, 0.1) is 25.2 Å². The molecular weight excluding hydrogens is 334 g/mol. The Labute approximate surface area is 149 Å².